The largest absolute Gasteiger partial charge is 0.486 e. The number of likely N-dealkylation sites (tertiary alicyclic amines) is 1. The molecule has 6 heteroatoms. The van der Waals surface area contributed by atoms with Crippen molar-refractivity contribution >= 4 is 27.5 Å². The van der Waals surface area contributed by atoms with Crippen molar-refractivity contribution < 1.29 is 19.2 Å². The van der Waals surface area contributed by atoms with E-state index < -0.39 is 0 Å². The molecule has 0 spiro atoms. The molecule has 2 aliphatic heterocycles. The van der Waals surface area contributed by atoms with Crippen LogP contribution in [0.3, 0.4) is 0 Å². The van der Waals surface area contributed by atoms with Crippen molar-refractivity contribution in [1.82, 2.24) is 0 Å². The Kier molecular flexibility index (Phi) is 5.13. The third-order valence-electron chi connectivity index (χ3n) is 4.99. The fraction of sp³-hybridized carbons (Fsp3) is 0.350. The zero-order chi connectivity index (χ0) is 17.9. The molecule has 2 aromatic carbocycles. The summed E-state index contributed by atoms with van der Waals surface area (Å²) in [7, 11) is 0. The molecule has 136 valence electrons. The van der Waals surface area contributed by atoms with Crippen molar-refractivity contribution in [2.45, 2.75) is 18.9 Å². The van der Waals surface area contributed by atoms with Crippen LogP contribution in [0.15, 0.2) is 46.9 Å². The van der Waals surface area contributed by atoms with Gasteiger partial charge in [0.15, 0.2) is 18.0 Å². The van der Waals surface area contributed by atoms with Gasteiger partial charge < -0.3 is 19.7 Å². The summed E-state index contributed by atoms with van der Waals surface area (Å²) in [5, 5.41) is 3.01. The Morgan fingerprint density at radius 2 is 1.96 bits per heavy atom. The van der Waals surface area contributed by atoms with Crippen LogP contribution in [0.5, 0.6) is 11.5 Å². The predicted octanol–water partition coefficient (Wildman–Crippen LogP) is 2.58. The van der Waals surface area contributed by atoms with Gasteiger partial charge in [0.05, 0.1) is 12.2 Å². The minimum atomic E-state index is 0.0383. The second-order valence-corrected chi connectivity index (χ2v) is 7.57. The Morgan fingerprint density at radius 3 is 2.81 bits per heavy atom. The summed E-state index contributed by atoms with van der Waals surface area (Å²) in [6.45, 7) is 2.65. The van der Waals surface area contributed by atoms with Crippen LogP contribution >= 0.6 is 15.9 Å². The van der Waals surface area contributed by atoms with Crippen LogP contribution < -0.4 is 19.7 Å². The highest BCUT2D eigenvalue weighted by Crippen LogP contribution is 2.33. The molecule has 0 radical (unpaired) electrons. The maximum Gasteiger partial charge on any atom is 0.279 e. The molecule has 2 atom stereocenters. The highest BCUT2D eigenvalue weighted by molar-refractivity contribution is 9.10. The second kappa shape index (κ2) is 7.68. The SMILES string of the molecule is O=C(C[NH+]1CCC[C@H]1c1ccc2c(c1)OCCO2)Nc1ccccc1Br. The number of carbonyl (C=O) groups excluding carboxylic acids is 1. The number of fused-ring (bicyclic) bond motifs is 1. The van der Waals surface area contributed by atoms with E-state index in [1.807, 2.05) is 30.3 Å². The van der Waals surface area contributed by atoms with Crippen molar-refractivity contribution in [3.63, 3.8) is 0 Å². The lowest BCUT2D eigenvalue weighted by atomic mass is 10.0. The van der Waals surface area contributed by atoms with Crippen molar-refractivity contribution in [2.75, 3.05) is 31.6 Å². The van der Waals surface area contributed by atoms with Gasteiger partial charge in [0.25, 0.3) is 5.91 Å². The van der Waals surface area contributed by atoms with Crippen molar-refractivity contribution in [3.8, 4) is 11.5 Å². The average molecular weight is 418 g/mol. The van der Waals surface area contributed by atoms with E-state index in [9.17, 15) is 4.79 Å². The highest BCUT2D eigenvalue weighted by Gasteiger charge is 2.32. The van der Waals surface area contributed by atoms with Gasteiger partial charge in [0, 0.05) is 22.9 Å². The van der Waals surface area contributed by atoms with E-state index in [1.54, 1.807) is 0 Å². The zero-order valence-electron chi connectivity index (χ0n) is 14.5. The van der Waals surface area contributed by atoms with Crippen LogP contribution in [0.25, 0.3) is 0 Å². The summed E-state index contributed by atoms with van der Waals surface area (Å²) in [6, 6.07) is 14.2. The van der Waals surface area contributed by atoms with E-state index in [0.717, 1.165) is 41.0 Å². The van der Waals surface area contributed by atoms with E-state index in [4.69, 9.17) is 9.47 Å². The summed E-state index contributed by atoms with van der Waals surface area (Å²) in [6.07, 6.45) is 2.20. The first-order valence-electron chi connectivity index (χ1n) is 8.99. The smallest absolute Gasteiger partial charge is 0.279 e. The van der Waals surface area contributed by atoms with E-state index in [-0.39, 0.29) is 5.91 Å². The quantitative estimate of drug-likeness (QED) is 0.803. The number of nitrogens with one attached hydrogen (secondary N) is 2. The number of halogens is 1. The molecule has 1 saturated heterocycles. The molecule has 4 rings (SSSR count). The highest BCUT2D eigenvalue weighted by atomic mass is 79.9. The molecule has 0 saturated carbocycles. The van der Waals surface area contributed by atoms with Gasteiger partial charge in [-0.05, 0) is 46.3 Å². The van der Waals surface area contributed by atoms with E-state index >= 15 is 0 Å². The Balaban J connectivity index is 1.45. The van der Waals surface area contributed by atoms with Crippen molar-refractivity contribution in [3.05, 3.63) is 52.5 Å². The summed E-state index contributed by atoms with van der Waals surface area (Å²) >= 11 is 3.47. The number of amides is 1. The minimum Gasteiger partial charge on any atom is -0.486 e. The third-order valence-corrected chi connectivity index (χ3v) is 5.68. The lowest BCUT2D eigenvalue weighted by Crippen LogP contribution is -3.11. The van der Waals surface area contributed by atoms with Crippen LogP contribution in [0.4, 0.5) is 5.69 Å². The van der Waals surface area contributed by atoms with Crippen LogP contribution in [-0.2, 0) is 4.79 Å². The summed E-state index contributed by atoms with van der Waals surface area (Å²) in [4.78, 5) is 13.8. The van der Waals surface area contributed by atoms with Gasteiger partial charge in [-0.1, -0.05) is 12.1 Å². The molecule has 1 unspecified atom stereocenters. The van der Waals surface area contributed by atoms with E-state index in [2.05, 4.69) is 33.4 Å². The number of benzene rings is 2. The molecule has 0 aliphatic carbocycles. The van der Waals surface area contributed by atoms with Crippen LogP contribution in [0.1, 0.15) is 24.4 Å². The Labute approximate surface area is 161 Å². The molecular weight excluding hydrogens is 396 g/mol. The molecule has 2 aliphatic rings. The average Bonchev–Trinajstić information content (AvgIpc) is 3.11. The number of rotatable bonds is 4. The van der Waals surface area contributed by atoms with Crippen molar-refractivity contribution in [1.29, 1.82) is 0 Å². The lowest BCUT2D eigenvalue weighted by Gasteiger charge is -2.24. The second-order valence-electron chi connectivity index (χ2n) is 6.71. The van der Waals surface area contributed by atoms with Gasteiger partial charge in [0.2, 0.25) is 0 Å². The fourth-order valence-corrected chi connectivity index (χ4v) is 4.15. The summed E-state index contributed by atoms with van der Waals surface area (Å²) in [5.74, 6) is 1.67. The number of quaternary nitrogens is 1. The Morgan fingerprint density at radius 1 is 1.15 bits per heavy atom. The number of carbonyl (C=O) groups is 1. The van der Waals surface area contributed by atoms with Gasteiger partial charge in [-0.15, -0.1) is 0 Å². The molecule has 2 aromatic rings. The van der Waals surface area contributed by atoms with Gasteiger partial charge in [-0.3, -0.25) is 4.79 Å². The third kappa shape index (κ3) is 3.71. The molecule has 0 aromatic heterocycles. The van der Waals surface area contributed by atoms with Gasteiger partial charge in [-0.2, -0.15) is 0 Å². The number of para-hydroxylation sites is 1. The molecule has 2 heterocycles. The first-order chi connectivity index (χ1) is 12.7. The summed E-state index contributed by atoms with van der Waals surface area (Å²) < 4.78 is 12.2. The Bertz CT molecular complexity index is 811. The van der Waals surface area contributed by atoms with Gasteiger partial charge in [0.1, 0.15) is 19.3 Å². The fourth-order valence-electron chi connectivity index (χ4n) is 3.77. The number of anilines is 1. The van der Waals surface area contributed by atoms with E-state index in [1.165, 1.54) is 10.5 Å². The monoisotopic (exact) mass is 417 g/mol. The molecule has 5 nitrogen and oxygen atoms in total. The maximum absolute atomic E-state index is 12.5. The first kappa shape index (κ1) is 17.4. The van der Waals surface area contributed by atoms with Gasteiger partial charge in [-0.25, -0.2) is 0 Å². The minimum absolute atomic E-state index is 0.0383. The number of hydrogen-bond acceptors (Lipinski definition) is 3. The summed E-state index contributed by atoms with van der Waals surface area (Å²) in [5.41, 5.74) is 2.03. The molecule has 26 heavy (non-hydrogen) atoms. The first-order valence-corrected chi connectivity index (χ1v) is 9.78. The zero-order valence-corrected chi connectivity index (χ0v) is 16.1. The predicted molar refractivity (Wildman–Crippen MR) is 103 cm³/mol. The maximum atomic E-state index is 12.5. The standard InChI is InChI=1S/C20H21BrN2O3/c21-15-4-1-2-5-16(15)22-20(24)13-23-9-3-6-17(23)14-7-8-18-19(12-14)26-11-10-25-18/h1-2,4-5,7-8,12,17H,3,6,9-11,13H2,(H,22,24)/p+1/t17-/m0/s1. The topological polar surface area (TPSA) is 52.0 Å². The number of hydrogen-bond donors (Lipinski definition) is 2. The number of ether oxygens (including phenoxy) is 2. The molecule has 1 fully saturated rings. The van der Waals surface area contributed by atoms with Crippen molar-refractivity contribution in [2.24, 2.45) is 0 Å². The van der Waals surface area contributed by atoms with Crippen LogP contribution in [0.2, 0.25) is 0 Å². The molecule has 0 bridgehead atoms. The Hall–Kier alpha value is -2.05. The molecular formula is C20H22BrN2O3+. The molecule has 1 amide bonds. The van der Waals surface area contributed by atoms with Crippen LogP contribution in [-0.4, -0.2) is 32.2 Å². The van der Waals surface area contributed by atoms with Crippen LogP contribution in [0, 0.1) is 0 Å². The molecule has 2 N–H and O–H groups in total. The lowest BCUT2D eigenvalue weighted by molar-refractivity contribution is -0.910. The van der Waals surface area contributed by atoms with Gasteiger partial charge >= 0.3 is 0 Å². The van der Waals surface area contributed by atoms with E-state index in [0.29, 0.717) is 25.8 Å². The normalized spacial score (nSPS) is 21.4.